The Kier molecular flexibility index (Phi) is 2.99. The highest BCUT2D eigenvalue weighted by Crippen LogP contribution is 2.48. The molecular weight excluding hydrogens is 256 g/mol. The fraction of sp³-hybridized carbons (Fsp3) is 0.647. The van der Waals surface area contributed by atoms with Crippen molar-refractivity contribution in [3.05, 3.63) is 34.4 Å². The van der Waals surface area contributed by atoms with E-state index in [4.69, 9.17) is 0 Å². The standard InChI is InChI=1S/C17H23F2N/c1-16(2,3)13-7-11-5-6-17(18,19)14-10-20(4)9-12(8-13)15(11)14/h7-8,14H,5-6,9-10H2,1-4H3/t14-/m0/s1. The molecule has 0 saturated heterocycles. The Bertz CT molecular complexity index is 543. The van der Waals surface area contributed by atoms with Crippen LogP contribution < -0.4 is 0 Å². The zero-order chi connectivity index (χ0) is 14.7. The Labute approximate surface area is 120 Å². The van der Waals surface area contributed by atoms with Crippen LogP contribution in [0.4, 0.5) is 8.78 Å². The normalized spacial score (nSPS) is 25.4. The minimum Gasteiger partial charge on any atom is -0.301 e. The molecule has 3 heteroatoms. The summed E-state index contributed by atoms with van der Waals surface area (Å²) in [7, 11) is 1.94. The maximum atomic E-state index is 14.2. The van der Waals surface area contributed by atoms with E-state index >= 15 is 0 Å². The van der Waals surface area contributed by atoms with Gasteiger partial charge >= 0.3 is 0 Å². The summed E-state index contributed by atoms with van der Waals surface area (Å²) in [4.78, 5) is 2.03. The number of halogens is 2. The summed E-state index contributed by atoms with van der Waals surface area (Å²) in [6.07, 6.45) is 0.505. The second-order valence-corrected chi connectivity index (χ2v) is 7.47. The van der Waals surface area contributed by atoms with Crippen LogP contribution in [0.25, 0.3) is 0 Å². The van der Waals surface area contributed by atoms with Gasteiger partial charge < -0.3 is 4.90 Å². The molecule has 1 aromatic rings. The molecule has 0 amide bonds. The van der Waals surface area contributed by atoms with E-state index in [0.29, 0.717) is 13.0 Å². The maximum absolute atomic E-state index is 14.2. The number of aryl methyl sites for hydroxylation is 1. The number of rotatable bonds is 0. The molecule has 2 aliphatic rings. The van der Waals surface area contributed by atoms with Crippen molar-refractivity contribution in [2.75, 3.05) is 13.6 Å². The molecule has 110 valence electrons. The smallest absolute Gasteiger partial charge is 0.256 e. The van der Waals surface area contributed by atoms with E-state index in [1.807, 2.05) is 11.9 Å². The van der Waals surface area contributed by atoms with Gasteiger partial charge in [0.2, 0.25) is 0 Å². The lowest BCUT2D eigenvalue weighted by Crippen LogP contribution is -2.43. The lowest BCUT2D eigenvalue weighted by atomic mass is 9.72. The van der Waals surface area contributed by atoms with Gasteiger partial charge in [-0.3, -0.25) is 0 Å². The van der Waals surface area contributed by atoms with E-state index in [9.17, 15) is 8.78 Å². The first-order chi connectivity index (χ1) is 9.18. The van der Waals surface area contributed by atoms with Crippen LogP contribution in [-0.2, 0) is 18.4 Å². The molecule has 1 aliphatic heterocycles. The molecule has 1 nitrogen and oxygen atoms in total. The number of benzene rings is 1. The number of hydrogen-bond donors (Lipinski definition) is 0. The van der Waals surface area contributed by atoms with Crippen molar-refractivity contribution in [3.8, 4) is 0 Å². The van der Waals surface area contributed by atoms with Crippen LogP contribution in [0.1, 0.15) is 55.4 Å². The van der Waals surface area contributed by atoms with Gasteiger partial charge in [0, 0.05) is 19.5 Å². The van der Waals surface area contributed by atoms with Gasteiger partial charge in [0.25, 0.3) is 5.92 Å². The minimum atomic E-state index is -2.56. The highest BCUT2D eigenvalue weighted by Gasteiger charge is 2.47. The lowest BCUT2D eigenvalue weighted by Gasteiger charge is -2.42. The monoisotopic (exact) mass is 279 g/mol. The van der Waals surface area contributed by atoms with Crippen LogP contribution >= 0.6 is 0 Å². The van der Waals surface area contributed by atoms with Gasteiger partial charge in [0.15, 0.2) is 0 Å². The molecule has 0 spiro atoms. The van der Waals surface area contributed by atoms with E-state index in [1.165, 1.54) is 5.56 Å². The maximum Gasteiger partial charge on any atom is 0.256 e. The number of hydrogen-bond acceptors (Lipinski definition) is 1. The molecule has 1 atom stereocenters. The Morgan fingerprint density at radius 1 is 1.20 bits per heavy atom. The fourth-order valence-corrected chi connectivity index (χ4v) is 3.58. The zero-order valence-corrected chi connectivity index (χ0v) is 12.8. The highest BCUT2D eigenvalue weighted by atomic mass is 19.3. The first-order valence-electron chi connectivity index (χ1n) is 7.41. The Morgan fingerprint density at radius 2 is 1.85 bits per heavy atom. The van der Waals surface area contributed by atoms with Crippen molar-refractivity contribution >= 4 is 0 Å². The van der Waals surface area contributed by atoms with Crippen LogP contribution in [-0.4, -0.2) is 24.4 Å². The molecule has 0 radical (unpaired) electrons. The highest BCUT2D eigenvalue weighted by molar-refractivity contribution is 5.47. The predicted molar refractivity (Wildman–Crippen MR) is 77.5 cm³/mol. The van der Waals surface area contributed by atoms with E-state index in [2.05, 4.69) is 32.9 Å². The van der Waals surface area contributed by atoms with Crippen molar-refractivity contribution in [1.29, 1.82) is 0 Å². The van der Waals surface area contributed by atoms with Crippen molar-refractivity contribution in [3.63, 3.8) is 0 Å². The third-order valence-electron chi connectivity index (χ3n) is 4.74. The molecule has 1 aliphatic carbocycles. The Balaban J connectivity index is 2.18. The summed E-state index contributed by atoms with van der Waals surface area (Å²) in [5, 5.41) is 0. The van der Waals surface area contributed by atoms with Crippen molar-refractivity contribution in [2.24, 2.45) is 0 Å². The molecule has 0 unspecified atom stereocenters. The summed E-state index contributed by atoms with van der Waals surface area (Å²) in [5.41, 5.74) is 4.57. The van der Waals surface area contributed by atoms with E-state index in [-0.39, 0.29) is 11.8 Å². The van der Waals surface area contributed by atoms with Crippen LogP contribution in [0.2, 0.25) is 0 Å². The molecular formula is C17H23F2N. The molecule has 1 heterocycles. The molecule has 0 N–H and O–H groups in total. The quantitative estimate of drug-likeness (QED) is 0.691. The molecule has 0 saturated carbocycles. The van der Waals surface area contributed by atoms with Gasteiger partial charge in [-0.05, 0) is 41.1 Å². The third-order valence-corrected chi connectivity index (χ3v) is 4.74. The van der Waals surface area contributed by atoms with Crippen molar-refractivity contribution < 1.29 is 8.78 Å². The van der Waals surface area contributed by atoms with Gasteiger partial charge in [-0.15, -0.1) is 0 Å². The van der Waals surface area contributed by atoms with Crippen LogP contribution in [0, 0.1) is 0 Å². The molecule has 0 fully saturated rings. The largest absolute Gasteiger partial charge is 0.301 e. The molecule has 1 aromatic carbocycles. The fourth-order valence-electron chi connectivity index (χ4n) is 3.58. The Hall–Kier alpha value is -0.960. The first-order valence-corrected chi connectivity index (χ1v) is 7.41. The molecule has 3 rings (SSSR count). The van der Waals surface area contributed by atoms with E-state index < -0.39 is 11.8 Å². The summed E-state index contributed by atoms with van der Waals surface area (Å²) >= 11 is 0. The average Bonchev–Trinajstić information content (AvgIpc) is 2.32. The second-order valence-electron chi connectivity index (χ2n) is 7.47. The zero-order valence-electron chi connectivity index (χ0n) is 12.8. The van der Waals surface area contributed by atoms with Crippen LogP contribution in [0.15, 0.2) is 12.1 Å². The van der Waals surface area contributed by atoms with Gasteiger partial charge in [0.05, 0.1) is 5.92 Å². The average molecular weight is 279 g/mol. The summed E-state index contributed by atoms with van der Waals surface area (Å²) in [5.74, 6) is -3.17. The summed E-state index contributed by atoms with van der Waals surface area (Å²) < 4.78 is 28.5. The molecule has 0 bridgehead atoms. The van der Waals surface area contributed by atoms with E-state index in [0.717, 1.165) is 23.2 Å². The third kappa shape index (κ3) is 2.16. The SMILES string of the molecule is CN1Cc2cc(C(C)(C)C)cc3c2[C@H](C1)C(F)(F)CC3. The minimum absolute atomic E-state index is 0.00839. The van der Waals surface area contributed by atoms with E-state index in [1.54, 1.807) is 0 Å². The molecule has 20 heavy (non-hydrogen) atoms. The number of likely N-dealkylation sites (N-methyl/N-ethyl adjacent to an activating group) is 1. The predicted octanol–water partition coefficient (Wildman–Crippen LogP) is 4.09. The lowest BCUT2D eigenvalue weighted by molar-refractivity contribution is -0.0534. The number of alkyl halides is 2. The van der Waals surface area contributed by atoms with Crippen molar-refractivity contribution in [1.82, 2.24) is 4.90 Å². The van der Waals surface area contributed by atoms with Crippen LogP contribution in [0.3, 0.4) is 0 Å². The summed E-state index contributed by atoms with van der Waals surface area (Å²) in [6, 6.07) is 4.33. The van der Waals surface area contributed by atoms with Crippen molar-refractivity contribution in [2.45, 2.75) is 57.4 Å². The van der Waals surface area contributed by atoms with Gasteiger partial charge in [0.1, 0.15) is 0 Å². The Morgan fingerprint density at radius 3 is 2.50 bits per heavy atom. The van der Waals surface area contributed by atoms with Gasteiger partial charge in [-0.25, -0.2) is 8.78 Å². The molecule has 0 aromatic heterocycles. The number of nitrogens with zero attached hydrogens (tertiary/aromatic N) is 1. The topological polar surface area (TPSA) is 3.24 Å². The second kappa shape index (κ2) is 4.27. The summed E-state index contributed by atoms with van der Waals surface area (Å²) in [6.45, 7) is 7.81. The van der Waals surface area contributed by atoms with Gasteiger partial charge in [-0.2, -0.15) is 0 Å². The van der Waals surface area contributed by atoms with Crippen LogP contribution in [0.5, 0.6) is 0 Å². The first kappa shape index (κ1) is 14.0. The van der Waals surface area contributed by atoms with Gasteiger partial charge in [-0.1, -0.05) is 32.9 Å².